The number of rotatable bonds is 6. The molecular weight excluding hydrogens is 262 g/mol. The molecule has 0 saturated heterocycles. The SMILES string of the molecule is CCCOC1C(O)CC1Oc1cccc(C)c1[N+](=O)[O-]. The standard InChI is InChI=1S/C14H19NO5/c1-3-7-19-14-10(16)8-12(14)20-11-6-4-5-9(2)13(11)15(17)18/h4-6,10,12,14,16H,3,7-8H2,1-2H3. The Morgan fingerprint density at radius 1 is 1.50 bits per heavy atom. The first-order valence-corrected chi connectivity index (χ1v) is 6.75. The van der Waals surface area contributed by atoms with Crippen LogP contribution in [-0.2, 0) is 4.74 Å². The summed E-state index contributed by atoms with van der Waals surface area (Å²) in [6, 6.07) is 4.97. The third kappa shape index (κ3) is 2.91. The van der Waals surface area contributed by atoms with Crippen LogP contribution in [0.15, 0.2) is 18.2 Å². The summed E-state index contributed by atoms with van der Waals surface area (Å²) in [4.78, 5) is 10.7. The van der Waals surface area contributed by atoms with E-state index >= 15 is 0 Å². The number of para-hydroxylation sites is 1. The van der Waals surface area contributed by atoms with Crippen LogP contribution >= 0.6 is 0 Å². The van der Waals surface area contributed by atoms with Gasteiger partial charge in [0.05, 0.1) is 11.0 Å². The highest BCUT2D eigenvalue weighted by Crippen LogP contribution is 2.35. The molecule has 0 radical (unpaired) electrons. The van der Waals surface area contributed by atoms with Crippen molar-refractivity contribution >= 4 is 5.69 Å². The number of benzene rings is 1. The Morgan fingerprint density at radius 3 is 2.85 bits per heavy atom. The molecule has 1 aliphatic rings. The van der Waals surface area contributed by atoms with E-state index in [1.54, 1.807) is 25.1 Å². The lowest BCUT2D eigenvalue weighted by molar-refractivity contribution is -0.386. The van der Waals surface area contributed by atoms with Crippen molar-refractivity contribution in [2.75, 3.05) is 6.61 Å². The molecule has 0 bridgehead atoms. The molecule has 0 amide bonds. The fourth-order valence-electron chi connectivity index (χ4n) is 2.27. The summed E-state index contributed by atoms with van der Waals surface area (Å²) in [5.41, 5.74) is 0.529. The quantitative estimate of drug-likeness (QED) is 0.638. The van der Waals surface area contributed by atoms with Gasteiger partial charge in [0.15, 0.2) is 5.75 Å². The van der Waals surface area contributed by atoms with Crippen LogP contribution in [0.3, 0.4) is 0 Å². The van der Waals surface area contributed by atoms with E-state index in [1.165, 1.54) is 0 Å². The lowest BCUT2D eigenvalue weighted by Gasteiger charge is -2.40. The van der Waals surface area contributed by atoms with Crippen molar-refractivity contribution in [3.63, 3.8) is 0 Å². The molecule has 1 aromatic carbocycles. The summed E-state index contributed by atoms with van der Waals surface area (Å²) in [5.74, 6) is 0.233. The van der Waals surface area contributed by atoms with Crippen molar-refractivity contribution in [1.29, 1.82) is 0 Å². The fraction of sp³-hybridized carbons (Fsp3) is 0.571. The van der Waals surface area contributed by atoms with Crippen LogP contribution in [0.2, 0.25) is 0 Å². The maximum atomic E-state index is 11.1. The van der Waals surface area contributed by atoms with Crippen LogP contribution in [-0.4, -0.2) is 34.9 Å². The van der Waals surface area contributed by atoms with Gasteiger partial charge in [-0.15, -0.1) is 0 Å². The maximum absolute atomic E-state index is 11.1. The smallest absolute Gasteiger partial charge is 0.313 e. The summed E-state index contributed by atoms with van der Waals surface area (Å²) < 4.78 is 11.2. The Morgan fingerprint density at radius 2 is 2.25 bits per heavy atom. The fourth-order valence-corrected chi connectivity index (χ4v) is 2.27. The van der Waals surface area contributed by atoms with Crippen molar-refractivity contribution in [3.05, 3.63) is 33.9 Å². The van der Waals surface area contributed by atoms with Crippen molar-refractivity contribution in [3.8, 4) is 5.75 Å². The summed E-state index contributed by atoms with van der Waals surface area (Å²) in [6.07, 6.45) is -0.0254. The zero-order valence-electron chi connectivity index (χ0n) is 11.6. The minimum Gasteiger partial charge on any atom is -0.481 e. The number of aliphatic hydroxyl groups is 1. The molecule has 1 saturated carbocycles. The van der Waals surface area contributed by atoms with Crippen LogP contribution in [0.5, 0.6) is 5.75 Å². The van der Waals surface area contributed by atoms with E-state index in [0.717, 1.165) is 6.42 Å². The molecule has 3 unspecified atom stereocenters. The molecule has 1 fully saturated rings. The van der Waals surface area contributed by atoms with Crippen LogP contribution in [0.25, 0.3) is 0 Å². The number of nitro benzene ring substituents is 1. The number of hydrogen-bond donors (Lipinski definition) is 1. The molecule has 1 N–H and O–H groups in total. The van der Waals surface area contributed by atoms with E-state index in [1.807, 2.05) is 6.92 Å². The molecule has 6 heteroatoms. The molecule has 0 spiro atoms. The first kappa shape index (κ1) is 14.7. The lowest BCUT2D eigenvalue weighted by Crippen LogP contribution is -2.55. The third-order valence-corrected chi connectivity index (χ3v) is 3.40. The second kappa shape index (κ2) is 6.19. The van der Waals surface area contributed by atoms with Crippen molar-refractivity contribution in [2.45, 2.75) is 45.0 Å². The summed E-state index contributed by atoms with van der Waals surface area (Å²) >= 11 is 0. The van der Waals surface area contributed by atoms with Crippen molar-refractivity contribution < 1.29 is 19.5 Å². The Kier molecular flexibility index (Phi) is 4.57. The average Bonchev–Trinajstić information content (AvgIpc) is 2.38. The molecule has 0 heterocycles. The number of nitro groups is 1. The lowest BCUT2D eigenvalue weighted by atomic mass is 9.88. The van der Waals surface area contributed by atoms with Gasteiger partial charge in [0, 0.05) is 18.6 Å². The molecule has 1 aliphatic carbocycles. The van der Waals surface area contributed by atoms with Gasteiger partial charge in [-0.2, -0.15) is 0 Å². The van der Waals surface area contributed by atoms with Crippen LogP contribution < -0.4 is 4.74 Å². The zero-order valence-corrected chi connectivity index (χ0v) is 11.6. The Labute approximate surface area is 117 Å². The number of ether oxygens (including phenoxy) is 2. The van der Waals surface area contributed by atoms with Gasteiger partial charge in [0.25, 0.3) is 0 Å². The number of aryl methyl sites for hydroxylation is 1. The monoisotopic (exact) mass is 281 g/mol. The molecule has 3 atom stereocenters. The van der Waals surface area contributed by atoms with Gasteiger partial charge in [0.1, 0.15) is 12.2 Å². The second-order valence-electron chi connectivity index (χ2n) is 4.97. The highest BCUT2D eigenvalue weighted by molar-refractivity contribution is 5.52. The van der Waals surface area contributed by atoms with E-state index in [-0.39, 0.29) is 17.5 Å². The molecule has 20 heavy (non-hydrogen) atoms. The summed E-state index contributed by atoms with van der Waals surface area (Å²) in [5, 5.41) is 20.8. The largest absolute Gasteiger partial charge is 0.481 e. The number of aliphatic hydroxyl groups excluding tert-OH is 1. The highest BCUT2D eigenvalue weighted by atomic mass is 16.6. The number of nitrogens with zero attached hydrogens (tertiary/aromatic N) is 1. The van der Waals surface area contributed by atoms with E-state index in [0.29, 0.717) is 18.6 Å². The third-order valence-electron chi connectivity index (χ3n) is 3.40. The molecule has 2 rings (SSSR count). The van der Waals surface area contributed by atoms with Gasteiger partial charge in [-0.3, -0.25) is 10.1 Å². The molecule has 110 valence electrons. The number of hydrogen-bond acceptors (Lipinski definition) is 5. The average molecular weight is 281 g/mol. The van der Waals surface area contributed by atoms with E-state index in [4.69, 9.17) is 9.47 Å². The van der Waals surface area contributed by atoms with E-state index in [9.17, 15) is 15.2 Å². The predicted molar refractivity (Wildman–Crippen MR) is 72.9 cm³/mol. The Bertz CT molecular complexity index is 490. The minimum atomic E-state index is -0.560. The summed E-state index contributed by atoms with van der Waals surface area (Å²) in [7, 11) is 0. The molecular formula is C14H19NO5. The van der Waals surface area contributed by atoms with Crippen LogP contribution in [0.1, 0.15) is 25.3 Å². The molecule has 6 nitrogen and oxygen atoms in total. The first-order valence-electron chi connectivity index (χ1n) is 6.75. The van der Waals surface area contributed by atoms with Gasteiger partial charge in [-0.1, -0.05) is 19.1 Å². The first-order chi connectivity index (χ1) is 9.54. The maximum Gasteiger partial charge on any atom is 0.313 e. The van der Waals surface area contributed by atoms with Gasteiger partial charge in [0.2, 0.25) is 0 Å². The molecule has 0 aromatic heterocycles. The van der Waals surface area contributed by atoms with Crippen molar-refractivity contribution in [1.82, 2.24) is 0 Å². The highest BCUT2D eigenvalue weighted by Gasteiger charge is 2.43. The topological polar surface area (TPSA) is 81.8 Å². The van der Waals surface area contributed by atoms with Gasteiger partial charge >= 0.3 is 5.69 Å². The van der Waals surface area contributed by atoms with Gasteiger partial charge in [-0.05, 0) is 19.4 Å². The van der Waals surface area contributed by atoms with E-state index in [2.05, 4.69) is 0 Å². The minimum absolute atomic E-state index is 0.0249. The predicted octanol–water partition coefficient (Wildman–Crippen LogP) is 2.21. The normalized spacial score (nSPS) is 25.1. The molecule has 0 aliphatic heterocycles. The van der Waals surface area contributed by atoms with Crippen LogP contribution in [0.4, 0.5) is 5.69 Å². The Balaban J connectivity index is 2.11. The van der Waals surface area contributed by atoms with Crippen LogP contribution in [0, 0.1) is 17.0 Å². The van der Waals surface area contributed by atoms with E-state index < -0.39 is 17.1 Å². The molecule has 1 aromatic rings. The zero-order chi connectivity index (χ0) is 14.7. The summed E-state index contributed by atoms with van der Waals surface area (Å²) in [6.45, 7) is 4.19. The van der Waals surface area contributed by atoms with Gasteiger partial charge < -0.3 is 14.6 Å². The van der Waals surface area contributed by atoms with Gasteiger partial charge in [-0.25, -0.2) is 0 Å². The van der Waals surface area contributed by atoms with Crippen molar-refractivity contribution in [2.24, 2.45) is 0 Å². The Hall–Kier alpha value is -1.66. The second-order valence-corrected chi connectivity index (χ2v) is 4.97.